The smallest absolute Gasteiger partial charge is 0.145 e. The molecule has 0 fully saturated rings. The summed E-state index contributed by atoms with van der Waals surface area (Å²) in [5, 5.41) is 7.32. The highest BCUT2D eigenvalue weighted by molar-refractivity contribution is 6.23. The quantitative estimate of drug-likeness (QED) is 0.234. The minimum Gasteiger partial charge on any atom is -0.354 e. The molecule has 5 heterocycles. The van der Waals surface area contributed by atoms with Gasteiger partial charge in [0.25, 0.3) is 0 Å². The van der Waals surface area contributed by atoms with Crippen molar-refractivity contribution >= 4 is 60.0 Å². The number of nitrogens with one attached hydrogen (secondary N) is 1. The van der Waals surface area contributed by atoms with E-state index in [4.69, 9.17) is 9.97 Å². The molecule has 44 heavy (non-hydrogen) atoms. The lowest BCUT2D eigenvalue weighted by atomic mass is 9.98. The number of benzene rings is 5. The molecule has 10 rings (SSSR count). The first-order chi connectivity index (χ1) is 21.8. The lowest BCUT2D eigenvalue weighted by molar-refractivity contribution is 1.26. The molecule has 5 aromatic carbocycles. The van der Waals surface area contributed by atoms with Gasteiger partial charge in [0.05, 0.1) is 27.9 Å². The maximum Gasteiger partial charge on any atom is 0.145 e. The van der Waals surface area contributed by atoms with Gasteiger partial charge in [0.1, 0.15) is 5.65 Å². The number of nitrogens with zero attached hydrogens (tertiary/aromatic N) is 3. The van der Waals surface area contributed by atoms with Gasteiger partial charge in [-0.15, -0.1) is 0 Å². The molecule has 0 aliphatic heterocycles. The zero-order valence-corrected chi connectivity index (χ0v) is 23.6. The molecule has 0 spiro atoms. The maximum absolute atomic E-state index is 5.35. The number of pyridine rings is 2. The van der Waals surface area contributed by atoms with Crippen molar-refractivity contribution in [3.8, 4) is 33.6 Å². The predicted molar refractivity (Wildman–Crippen MR) is 182 cm³/mol. The lowest BCUT2D eigenvalue weighted by Crippen LogP contribution is -1.92. The van der Waals surface area contributed by atoms with Crippen LogP contribution < -0.4 is 0 Å². The first-order valence-electron chi connectivity index (χ1n) is 14.9. The second kappa shape index (κ2) is 8.76. The molecule has 0 aliphatic rings. The molecule has 10 aromatic rings. The molecule has 4 nitrogen and oxygen atoms in total. The van der Waals surface area contributed by atoms with Crippen molar-refractivity contribution < 1.29 is 0 Å². The zero-order chi connectivity index (χ0) is 28.8. The fourth-order valence-electron chi connectivity index (χ4n) is 7.15. The van der Waals surface area contributed by atoms with Gasteiger partial charge in [0, 0.05) is 55.2 Å². The van der Waals surface area contributed by atoms with Crippen LogP contribution in [0, 0.1) is 0 Å². The average molecular weight is 561 g/mol. The molecule has 0 saturated heterocycles. The van der Waals surface area contributed by atoms with Crippen LogP contribution in [0.1, 0.15) is 0 Å². The third-order valence-electron chi connectivity index (χ3n) is 9.12. The molecule has 0 bridgehead atoms. The van der Waals surface area contributed by atoms with Crippen LogP contribution >= 0.6 is 0 Å². The van der Waals surface area contributed by atoms with Crippen LogP contribution in [0.4, 0.5) is 0 Å². The Morgan fingerprint density at radius 2 is 1.25 bits per heavy atom. The normalized spacial score (nSPS) is 12.1. The summed E-state index contributed by atoms with van der Waals surface area (Å²) in [6, 6.07) is 47.5. The van der Waals surface area contributed by atoms with Crippen molar-refractivity contribution in [1.82, 2.24) is 19.4 Å². The zero-order valence-electron chi connectivity index (χ0n) is 23.6. The van der Waals surface area contributed by atoms with Crippen molar-refractivity contribution in [1.29, 1.82) is 0 Å². The van der Waals surface area contributed by atoms with Gasteiger partial charge in [-0.05, 0) is 47.5 Å². The summed E-state index contributed by atoms with van der Waals surface area (Å²) in [5.41, 5.74) is 11.9. The summed E-state index contributed by atoms with van der Waals surface area (Å²) in [5.74, 6) is 0. The number of para-hydroxylation sites is 3. The first-order valence-corrected chi connectivity index (χ1v) is 14.9. The van der Waals surface area contributed by atoms with Crippen LogP contribution in [0.15, 0.2) is 140 Å². The monoisotopic (exact) mass is 560 g/mol. The predicted octanol–water partition coefficient (Wildman–Crippen LogP) is 10.3. The van der Waals surface area contributed by atoms with Gasteiger partial charge in [-0.1, -0.05) is 97.1 Å². The number of hydrogen-bond acceptors (Lipinski definition) is 2. The average Bonchev–Trinajstić information content (AvgIpc) is 3.75. The van der Waals surface area contributed by atoms with E-state index < -0.39 is 0 Å². The van der Waals surface area contributed by atoms with Crippen molar-refractivity contribution in [2.75, 3.05) is 0 Å². The van der Waals surface area contributed by atoms with Crippen molar-refractivity contribution in [2.24, 2.45) is 0 Å². The molecular formula is C40H24N4. The lowest BCUT2D eigenvalue weighted by Gasteiger charge is -2.11. The summed E-state index contributed by atoms with van der Waals surface area (Å²) in [7, 11) is 0. The molecule has 1 N–H and O–H groups in total. The molecule has 204 valence electrons. The van der Waals surface area contributed by atoms with Crippen molar-refractivity contribution in [3.05, 3.63) is 140 Å². The number of rotatable bonds is 3. The molecular weight excluding hydrogens is 536 g/mol. The molecule has 0 radical (unpaired) electrons. The summed E-state index contributed by atoms with van der Waals surface area (Å²) < 4.78 is 2.33. The van der Waals surface area contributed by atoms with Crippen molar-refractivity contribution in [3.63, 3.8) is 0 Å². The Hall–Kier alpha value is -6.00. The van der Waals surface area contributed by atoms with E-state index in [1.807, 2.05) is 12.3 Å². The Labute approximate surface area is 252 Å². The highest BCUT2D eigenvalue weighted by Crippen LogP contribution is 2.40. The van der Waals surface area contributed by atoms with Gasteiger partial charge in [0.2, 0.25) is 0 Å². The van der Waals surface area contributed by atoms with Crippen LogP contribution in [-0.2, 0) is 0 Å². The summed E-state index contributed by atoms with van der Waals surface area (Å²) in [6.45, 7) is 0. The fourth-order valence-corrected chi connectivity index (χ4v) is 7.15. The van der Waals surface area contributed by atoms with Crippen LogP contribution in [0.3, 0.4) is 0 Å². The van der Waals surface area contributed by atoms with Crippen LogP contribution in [0.25, 0.3) is 93.7 Å². The van der Waals surface area contributed by atoms with Gasteiger partial charge in [-0.2, -0.15) is 0 Å². The largest absolute Gasteiger partial charge is 0.354 e. The van der Waals surface area contributed by atoms with Crippen LogP contribution in [0.2, 0.25) is 0 Å². The van der Waals surface area contributed by atoms with Gasteiger partial charge < -0.3 is 4.98 Å². The number of H-pyrrole nitrogens is 1. The van der Waals surface area contributed by atoms with E-state index >= 15 is 0 Å². The van der Waals surface area contributed by atoms with Gasteiger partial charge in [-0.25, -0.2) is 9.97 Å². The highest BCUT2D eigenvalue weighted by Gasteiger charge is 2.19. The number of hydrogen-bond donors (Lipinski definition) is 1. The Kier molecular flexibility index (Phi) is 4.69. The maximum atomic E-state index is 5.35. The minimum atomic E-state index is 0.939. The Bertz CT molecular complexity index is 2710. The van der Waals surface area contributed by atoms with E-state index in [2.05, 4.69) is 137 Å². The van der Waals surface area contributed by atoms with E-state index in [0.717, 1.165) is 55.8 Å². The summed E-state index contributed by atoms with van der Waals surface area (Å²) >= 11 is 0. The van der Waals surface area contributed by atoms with Gasteiger partial charge in [-0.3, -0.25) is 4.40 Å². The number of aromatic amines is 1. The van der Waals surface area contributed by atoms with E-state index in [1.165, 1.54) is 37.8 Å². The molecule has 5 aromatic heterocycles. The Morgan fingerprint density at radius 3 is 2.18 bits per heavy atom. The Morgan fingerprint density at radius 1 is 0.500 bits per heavy atom. The Balaban J connectivity index is 1.26. The summed E-state index contributed by atoms with van der Waals surface area (Å²) in [4.78, 5) is 13.9. The summed E-state index contributed by atoms with van der Waals surface area (Å²) in [6.07, 6.45) is 1.88. The minimum absolute atomic E-state index is 0.939. The third kappa shape index (κ3) is 3.22. The molecule has 0 atom stereocenters. The molecule has 4 heteroatoms. The second-order valence-corrected chi connectivity index (χ2v) is 11.5. The van der Waals surface area contributed by atoms with E-state index in [9.17, 15) is 0 Å². The topological polar surface area (TPSA) is 46.0 Å². The van der Waals surface area contributed by atoms with Gasteiger partial charge in [0.15, 0.2) is 0 Å². The standard InChI is InChI=1S/C40H24N4/c1-2-9-24(10-3-1)26-21-35(42-36(22-26)33-15-6-12-29-27-11-4-5-17-34(27)43-38(29)33)25-18-19-28-30-13-7-14-31-32-16-8-20-41-40(32)44(39(30)31)37(28)23-25/h1-23,43H. The molecule has 0 unspecified atom stereocenters. The molecule has 0 amide bonds. The number of aromatic nitrogens is 4. The third-order valence-corrected chi connectivity index (χ3v) is 9.12. The fraction of sp³-hybridized carbons (Fsp3) is 0. The molecule has 0 saturated carbocycles. The van der Waals surface area contributed by atoms with Crippen LogP contribution in [-0.4, -0.2) is 19.4 Å². The highest BCUT2D eigenvalue weighted by atomic mass is 15.0. The SMILES string of the molecule is c1ccc(-c2cc(-c3ccc4c5cccc6c7cccnc7n(c4c3)c56)nc(-c3cccc4c3[nH]c3ccccc34)c2)cc1. The second-order valence-electron chi connectivity index (χ2n) is 11.5. The van der Waals surface area contributed by atoms with Gasteiger partial charge >= 0.3 is 0 Å². The molecule has 0 aliphatic carbocycles. The van der Waals surface area contributed by atoms with E-state index in [1.54, 1.807) is 0 Å². The van der Waals surface area contributed by atoms with Crippen LogP contribution in [0.5, 0.6) is 0 Å². The first kappa shape index (κ1) is 23.6. The van der Waals surface area contributed by atoms with Crippen molar-refractivity contribution in [2.45, 2.75) is 0 Å². The van der Waals surface area contributed by atoms with E-state index in [0.29, 0.717) is 0 Å². The van der Waals surface area contributed by atoms with E-state index in [-0.39, 0.29) is 0 Å². The number of fused-ring (bicyclic) bond motifs is 9.